The van der Waals surface area contributed by atoms with Gasteiger partial charge in [0, 0.05) is 6.54 Å². The first-order valence-electron chi connectivity index (χ1n) is 6.69. The molecule has 1 aliphatic rings. The van der Waals surface area contributed by atoms with Crippen molar-refractivity contribution in [3.05, 3.63) is 59.5 Å². The molecule has 0 radical (unpaired) electrons. The summed E-state index contributed by atoms with van der Waals surface area (Å²) in [5, 5.41) is 3.53. The van der Waals surface area contributed by atoms with Gasteiger partial charge in [-0.2, -0.15) is 0 Å². The van der Waals surface area contributed by atoms with Crippen molar-refractivity contribution in [1.29, 1.82) is 0 Å². The Morgan fingerprint density at radius 1 is 1.22 bits per heavy atom. The van der Waals surface area contributed by atoms with Crippen molar-refractivity contribution in [2.75, 3.05) is 0 Å². The molecule has 1 aliphatic carbocycles. The Balaban J connectivity index is 1.66. The summed E-state index contributed by atoms with van der Waals surface area (Å²) in [5.41, 5.74) is 2.95. The Morgan fingerprint density at radius 3 is 2.78 bits per heavy atom. The fourth-order valence-corrected chi connectivity index (χ4v) is 2.39. The van der Waals surface area contributed by atoms with Gasteiger partial charge in [0.2, 0.25) is 0 Å². The maximum Gasteiger partial charge on any atom is 0.120 e. The van der Waals surface area contributed by atoms with Crippen LogP contribution in [0, 0.1) is 0 Å². The Kier molecular flexibility index (Phi) is 3.20. The van der Waals surface area contributed by atoms with E-state index in [0.29, 0.717) is 0 Å². The Morgan fingerprint density at radius 2 is 2.06 bits per heavy atom. The summed E-state index contributed by atoms with van der Waals surface area (Å²) in [6.07, 6.45) is 4.43. The lowest BCUT2D eigenvalue weighted by Crippen LogP contribution is -2.18. The van der Waals surface area contributed by atoms with E-state index in [4.69, 9.17) is 4.42 Å². The van der Waals surface area contributed by atoms with Crippen LogP contribution in [0.1, 0.15) is 48.6 Å². The molecule has 3 rings (SSSR count). The zero-order valence-electron chi connectivity index (χ0n) is 10.7. The van der Waals surface area contributed by atoms with E-state index in [1.54, 1.807) is 6.26 Å². The minimum Gasteiger partial charge on any atom is -0.468 e. The minimum absolute atomic E-state index is 0.257. The highest BCUT2D eigenvalue weighted by Crippen LogP contribution is 2.41. The number of nitrogens with one attached hydrogen (secondary N) is 1. The molecule has 2 aromatic rings. The van der Waals surface area contributed by atoms with Gasteiger partial charge in [-0.25, -0.2) is 0 Å². The molecule has 2 nitrogen and oxygen atoms in total. The van der Waals surface area contributed by atoms with E-state index in [1.165, 1.54) is 24.0 Å². The second-order valence-corrected chi connectivity index (χ2v) is 5.09. The molecule has 1 fully saturated rings. The van der Waals surface area contributed by atoms with Crippen LogP contribution in [0.15, 0.2) is 47.1 Å². The number of hydrogen-bond donors (Lipinski definition) is 1. The first-order valence-corrected chi connectivity index (χ1v) is 6.69. The van der Waals surface area contributed by atoms with Crippen molar-refractivity contribution in [3.63, 3.8) is 0 Å². The maximum absolute atomic E-state index is 5.41. The summed E-state index contributed by atoms with van der Waals surface area (Å²) in [4.78, 5) is 0. The third-order valence-electron chi connectivity index (χ3n) is 3.64. The molecule has 1 aromatic heterocycles. The highest BCUT2D eigenvalue weighted by Gasteiger charge is 2.25. The lowest BCUT2D eigenvalue weighted by molar-refractivity contribution is 0.430. The SMILES string of the molecule is C[C@@H](NCc1ccccc1C1CC1)c1ccco1. The highest BCUT2D eigenvalue weighted by atomic mass is 16.3. The summed E-state index contributed by atoms with van der Waals surface area (Å²) in [6.45, 7) is 3.05. The van der Waals surface area contributed by atoms with Gasteiger partial charge in [0.05, 0.1) is 12.3 Å². The van der Waals surface area contributed by atoms with Crippen molar-refractivity contribution >= 4 is 0 Å². The molecule has 94 valence electrons. The molecular formula is C16H19NO. The molecule has 0 amide bonds. The largest absolute Gasteiger partial charge is 0.468 e. The zero-order valence-corrected chi connectivity index (χ0v) is 10.7. The van der Waals surface area contributed by atoms with Crippen LogP contribution in [0.5, 0.6) is 0 Å². The van der Waals surface area contributed by atoms with Crippen LogP contribution in [0.2, 0.25) is 0 Å². The quantitative estimate of drug-likeness (QED) is 0.855. The van der Waals surface area contributed by atoms with E-state index in [0.717, 1.165) is 18.2 Å². The van der Waals surface area contributed by atoms with Gasteiger partial charge < -0.3 is 9.73 Å². The fraction of sp³-hybridized carbons (Fsp3) is 0.375. The van der Waals surface area contributed by atoms with Crippen molar-refractivity contribution in [2.24, 2.45) is 0 Å². The van der Waals surface area contributed by atoms with Gasteiger partial charge in [0.15, 0.2) is 0 Å². The van der Waals surface area contributed by atoms with E-state index < -0.39 is 0 Å². The molecule has 18 heavy (non-hydrogen) atoms. The molecule has 2 heteroatoms. The number of benzene rings is 1. The smallest absolute Gasteiger partial charge is 0.120 e. The lowest BCUT2D eigenvalue weighted by Gasteiger charge is -2.14. The van der Waals surface area contributed by atoms with Crippen molar-refractivity contribution in [3.8, 4) is 0 Å². The summed E-state index contributed by atoms with van der Waals surface area (Å²) < 4.78 is 5.41. The third-order valence-corrected chi connectivity index (χ3v) is 3.64. The number of furan rings is 1. The van der Waals surface area contributed by atoms with Crippen molar-refractivity contribution < 1.29 is 4.42 Å². The van der Waals surface area contributed by atoms with E-state index in [9.17, 15) is 0 Å². The Bertz CT molecular complexity index is 500. The predicted octanol–water partition coefficient (Wildman–Crippen LogP) is 4.01. The van der Waals surface area contributed by atoms with E-state index in [1.807, 2.05) is 12.1 Å². The van der Waals surface area contributed by atoms with Gasteiger partial charge >= 0.3 is 0 Å². The summed E-state index contributed by atoms with van der Waals surface area (Å²) in [6, 6.07) is 13.0. The topological polar surface area (TPSA) is 25.2 Å². The van der Waals surface area contributed by atoms with Gasteiger partial charge in [0.25, 0.3) is 0 Å². The second kappa shape index (κ2) is 4.99. The number of rotatable bonds is 5. The fourth-order valence-electron chi connectivity index (χ4n) is 2.39. The molecule has 0 bridgehead atoms. The second-order valence-electron chi connectivity index (χ2n) is 5.09. The molecular weight excluding hydrogens is 222 g/mol. The minimum atomic E-state index is 0.257. The molecule has 0 unspecified atom stereocenters. The average Bonchev–Trinajstić information content (AvgIpc) is 3.10. The molecule has 1 N–H and O–H groups in total. The van der Waals surface area contributed by atoms with Crippen LogP contribution < -0.4 is 5.32 Å². The zero-order chi connectivity index (χ0) is 12.4. The van der Waals surface area contributed by atoms with Gasteiger partial charge in [0.1, 0.15) is 5.76 Å². The Labute approximate surface area is 108 Å². The van der Waals surface area contributed by atoms with Crippen LogP contribution in [-0.4, -0.2) is 0 Å². The highest BCUT2D eigenvalue weighted by molar-refractivity contribution is 5.33. The monoisotopic (exact) mass is 241 g/mol. The summed E-state index contributed by atoms with van der Waals surface area (Å²) in [5.74, 6) is 1.81. The van der Waals surface area contributed by atoms with Crippen molar-refractivity contribution in [1.82, 2.24) is 5.32 Å². The van der Waals surface area contributed by atoms with E-state index in [2.05, 4.69) is 36.5 Å². The van der Waals surface area contributed by atoms with Crippen LogP contribution in [0.3, 0.4) is 0 Å². The van der Waals surface area contributed by atoms with Crippen molar-refractivity contribution in [2.45, 2.75) is 38.3 Å². The van der Waals surface area contributed by atoms with Gasteiger partial charge in [-0.05, 0) is 48.9 Å². The first kappa shape index (κ1) is 11.5. The van der Waals surface area contributed by atoms with Gasteiger partial charge in [-0.15, -0.1) is 0 Å². The van der Waals surface area contributed by atoms with Gasteiger partial charge in [-0.3, -0.25) is 0 Å². The first-order chi connectivity index (χ1) is 8.84. The number of hydrogen-bond acceptors (Lipinski definition) is 2. The van der Waals surface area contributed by atoms with Gasteiger partial charge in [-0.1, -0.05) is 24.3 Å². The predicted molar refractivity (Wildman–Crippen MR) is 72.4 cm³/mol. The maximum atomic E-state index is 5.41. The molecule has 0 saturated heterocycles. The molecule has 1 heterocycles. The lowest BCUT2D eigenvalue weighted by atomic mass is 10.0. The molecule has 1 saturated carbocycles. The van der Waals surface area contributed by atoms with Crippen LogP contribution in [0.4, 0.5) is 0 Å². The summed E-state index contributed by atoms with van der Waals surface area (Å²) >= 11 is 0. The van der Waals surface area contributed by atoms with Crippen LogP contribution in [-0.2, 0) is 6.54 Å². The molecule has 1 atom stereocenters. The summed E-state index contributed by atoms with van der Waals surface area (Å²) in [7, 11) is 0. The molecule has 0 aliphatic heterocycles. The van der Waals surface area contributed by atoms with Crippen LogP contribution in [0.25, 0.3) is 0 Å². The van der Waals surface area contributed by atoms with Crippen LogP contribution >= 0.6 is 0 Å². The molecule has 0 spiro atoms. The Hall–Kier alpha value is -1.54. The normalized spacial score (nSPS) is 16.7. The van der Waals surface area contributed by atoms with E-state index >= 15 is 0 Å². The van der Waals surface area contributed by atoms with E-state index in [-0.39, 0.29) is 6.04 Å². The molecule has 1 aromatic carbocycles. The third kappa shape index (κ3) is 2.49. The standard InChI is InChI=1S/C16H19NO/c1-12(16-7-4-10-18-16)17-11-14-5-2-3-6-15(14)13-8-9-13/h2-7,10,12-13,17H,8-9,11H2,1H3/t12-/m1/s1. The average molecular weight is 241 g/mol.